The quantitative estimate of drug-likeness (QED) is 0.513. The fraction of sp³-hybridized carbons (Fsp3) is 0.111. The number of aromatic nitrogens is 4. The van der Waals surface area contributed by atoms with Crippen LogP contribution in [0.25, 0.3) is 11.0 Å². The van der Waals surface area contributed by atoms with Crippen LogP contribution in [0.1, 0.15) is 21.0 Å². The summed E-state index contributed by atoms with van der Waals surface area (Å²) in [5.41, 5.74) is 2.73. The Morgan fingerprint density at radius 3 is 3.04 bits per heavy atom. The zero-order valence-corrected chi connectivity index (χ0v) is 16.0. The third-order valence-corrected chi connectivity index (χ3v) is 5.51. The molecule has 131 valence electrons. The van der Waals surface area contributed by atoms with Crippen molar-refractivity contribution in [3.63, 3.8) is 0 Å². The molecule has 1 N–H and O–H groups in total. The number of H-pyrrole nitrogens is 1. The first-order chi connectivity index (χ1) is 12.6. The van der Waals surface area contributed by atoms with Crippen LogP contribution in [0.4, 0.5) is 0 Å². The monoisotopic (exact) mass is 403 g/mol. The third kappa shape index (κ3) is 3.40. The maximum atomic E-state index is 6.36. The Labute approximate surface area is 164 Å². The average Bonchev–Trinajstić information content (AvgIpc) is 3.19. The van der Waals surface area contributed by atoms with E-state index < -0.39 is 0 Å². The van der Waals surface area contributed by atoms with Crippen molar-refractivity contribution in [1.82, 2.24) is 19.9 Å². The van der Waals surface area contributed by atoms with Gasteiger partial charge in [-0.05, 0) is 17.7 Å². The molecule has 0 bridgehead atoms. The molecule has 0 spiro atoms. The van der Waals surface area contributed by atoms with Gasteiger partial charge in [0.25, 0.3) is 0 Å². The molecule has 4 aromatic rings. The summed E-state index contributed by atoms with van der Waals surface area (Å²) in [6.07, 6.45) is 7.80. The number of aromatic amines is 1. The molecule has 0 aromatic carbocycles. The number of thiazole rings is 1. The Bertz CT molecular complexity index is 1080. The summed E-state index contributed by atoms with van der Waals surface area (Å²) in [6.45, 7) is 0. The molecule has 0 aliphatic heterocycles. The SMILES string of the molecule is COc1ncccc1[CH]c1nc(Cl)c(Cc2c[nH]c3ncc(Cl)cc23)s1. The number of rotatable bonds is 5. The minimum atomic E-state index is 0.494. The fourth-order valence-electron chi connectivity index (χ4n) is 2.69. The van der Waals surface area contributed by atoms with Gasteiger partial charge >= 0.3 is 0 Å². The van der Waals surface area contributed by atoms with Gasteiger partial charge in [0.2, 0.25) is 5.88 Å². The largest absolute Gasteiger partial charge is 0.481 e. The van der Waals surface area contributed by atoms with Crippen molar-refractivity contribution in [1.29, 1.82) is 0 Å². The Kier molecular flexibility index (Phi) is 4.80. The van der Waals surface area contributed by atoms with E-state index in [9.17, 15) is 0 Å². The van der Waals surface area contributed by atoms with E-state index in [-0.39, 0.29) is 0 Å². The van der Waals surface area contributed by atoms with Gasteiger partial charge in [0, 0.05) is 40.8 Å². The summed E-state index contributed by atoms with van der Waals surface area (Å²) < 4.78 is 5.28. The molecule has 0 aliphatic rings. The molecular formula is C18H13Cl2N4OS. The standard InChI is InChI=1S/C18H13Cl2N4OS/c1-25-18-10(3-2-4-21-18)6-15-24-16(20)14(26-15)5-11-8-22-17-13(11)7-12(19)9-23-17/h2-4,6-9H,5H2,1H3,(H,22,23). The molecule has 0 unspecified atom stereocenters. The zero-order chi connectivity index (χ0) is 18.1. The van der Waals surface area contributed by atoms with Crippen LogP contribution in [0.2, 0.25) is 10.2 Å². The minimum absolute atomic E-state index is 0.494. The summed E-state index contributed by atoms with van der Waals surface area (Å²) in [5, 5.41) is 2.88. The first-order valence-corrected chi connectivity index (χ1v) is 9.32. The molecule has 0 saturated carbocycles. The molecule has 0 amide bonds. The van der Waals surface area contributed by atoms with Gasteiger partial charge in [-0.2, -0.15) is 0 Å². The normalized spacial score (nSPS) is 11.2. The summed E-state index contributed by atoms with van der Waals surface area (Å²) in [4.78, 5) is 17.1. The molecule has 5 nitrogen and oxygen atoms in total. The Hall–Kier alpha value is -2.15. The highest BCUT2D eigenvalue weighted by Gasteiger charge is 2.15. The second-order valence-corrected chi connectivity index (χ2v) is 7.46. The van der Waals surface area contributed by atoms with E-state index in [1.807, 2.05) is 30.8 Å². The van der Waals surface area contributed by atoms with Gasteiger partial charge in [0.1, 0.15) is 15.8 Å². The number of pyridine rings is 2. The molecule has 0 aliphatic carbocycles. The molecule has 4 rings (SSSR count). The summed E-state index contributed by atoms with van der Waals surface area (Å²) >= 11 is 14.0. The molecule has 8 heteroatoms. The molecule has 26 heavy (non-hydrogen) atoms. The van der Waals surface area contributed by atoms with E-state index in [0.717, 1.165) is 32.0 Å². The highest BCUT2D eigenvalue weighted by molar-refractivity contribution is 7.12. The minimum Gasteiger partial charge on any atom is -0.481 e. The number of methoxy groups -OCH3 is 1. The summed E-state index contributed by atoms with van der Waals surface area (Å²) in [6, 6.07) is 5.68. The van der Waals surface area contributed by atoms with Crippen LogP contribution < -0.4 is 4.74 Å². The van der Waals surface area contributed by atoms with Gasteiger partial charge in [-0.3, -0.25) is 0 Å². The van der Waals surface area contributed by atoms with Crippen LogP contribution in [0.5, 0.6) is 5.88 Å². The van der Waals surface area contributed by atoms with Gasteiger partial charge in [0.05, 0.1) is 18.6 Å². The molecule has 0 atom stereocenters. The lowest BCUT2D eigenvalue weighted by molar-refractivity contribution is 0.395. The van der Waals surface area contributed by atoms with E-state index in [2.05, 4.69) is 19.9 Å². The molecule has 4 aromatic heterocycles. The van der Waals surface area contributed by atoms with Crippen LogP contribution in [-0.4, -0.2) is 27.0 Å². The number of hydrogen-bond acceptors (Lipinski definition) is 5. The van der Waals surface area contributed by atoms with Crippen molar-refractivity contribution < 1.29 is 4.74 Å². The number of hydrogen-bond donors (Lipinski definition) is 1. The number of fused-ring (bicyclic) bond motifs is 1. The maximum absolute atomic E-state index is 6.36. The molecule has 0 fully saturated rings. The lowest BCUT2D eigenvalue weighted by Gasteiger charge is -2.03. The topological polar surface area (TPSA) is 63.7 Å². The Balaban J connectivity index is 1.61. The average molecular weight is 404 g/mol. The molecular weight excluding hydrogens is 391 g/mol. The van der Waals surface area contributed by atoms with Crippen molar-refractivity contribution in [2.45, 2.75) is 6.42 Å². The van der Waals surface area contributed by atoms with Crippen LogP contribution in [-0.2, 0) is 6.42 Å². The number of halogens is 2. The summed E-state index contributed by atoms with van der Waals surface area (Å²) in [5.74, 6) is 0.553. The van der Waals surface area contributed by atoms with Gasteiger partial charge in [-0.1, -0.05) is 29.3 Å². The van der Waals surface area contributed by atoms with E-state index in [0.29, 0.717) is 22.5 Å². The lowest BCUT2D eigenvalue weighted by Crippen LogP contribution is -1.93. The van der Waals surface area contributed by atoms with Crippen molar-refractivity contribution in [3.05, 3.63) is 74.4 Å². The fourth-order valence-corrected chi connectivity index (χ4v) is 4.10. The molecule has 0 saturated heterocycles. The van der Waals surface area contributed by atoms with Gasteiger partial charge in [0.15, 0.2) is 0 Å². The number of ether oxygens (including phenoxy) is 1. The second kappa shape index (κ2) is 7.23. The maximum Gasteiger partial charge on any atom is 0.216 e. The highest BCUT2D eigenvalue weighted by atomic mass is 35.5. The first-order valence-electron chi connectivity index (χ1n) is 7.74. The highest BCUT2D eigenvalue weighted by Crippen LogP contribution is 2.31. The second-order valence-electron chi connectivity index (χ2n) is 5.55. The van der Waals surface area contributed by atoms with Crippen LogP contribution in [0.3, 0.4) is 0 Å². The van der Waals surface area contributed by atoms with Crippen LogP contribution in [0.15, 0.2) is 36.8 Å². The van der Waals surface area contributed by atoms with E-state index in [1.54, 1.807) is 19.5 Å². The van der Waals surface area contributed by atoms with Crippen molar-refractivity contribution >= 4 is 45.6 Å². The van der Waals surface area contributed by atoms with Gasteiger partial charge in [-0.25, -0.2) is 15.0 Å². The number of nitrogens with one attached hydrogen (secondary N) is 1. The molecule has 4 heterocycles. The van der Waals surface area contributed by atoms with Crippen molar-refractivity contribution in [3.8, 4) is 5.88 Å². The van der Waals surface area contributed by atoms with E-state index in [1.165, 1.54) is 11.3 Å². The predicted molar refractivity (Wildman–Crippen MR) is 104 cm³/mol. The Morgan fingerprint density at radius 2 is 2.19 bits per heavy atom. The van der Waals surface area contributed by atoms with Gasteiger partial charge in [-0.15, -0.1) is 11.3 Å². The molecule has 1 radical (unpaired) electrons. The third-order valence-electron chi connectivity index (χ3n) is 3.87. The van der Waals surface area contributed by atoms with Crippen LogP contribution >= 0.6 is 34.5 Å². The smallest absolute Gasteiger partial charge is 0.216 e. The van der Waals surface area contributed by atoms with Crippen molar-refractivity contribution in [2.75, 3.05) is 7.11 Å². The van der Waals surface area contributed by atoms with E-state index >= 15 is 0 Å². The Morgan fingerprint density at radius 1 is 1.31 bits per heavy atom. The zero-order valence-electron chi connectivity index (χ0n) is 13.7. The summed E-state index contributed by atoms with van der Waals surface area (Å²) in [7, 11) is 1.59. The van der Waals surface area contributed by atoms with Gasteiger partial charge < -0.3 is 9.72 Å². The lowest BCUT2D eigenvalue weighted by atomic mass is 10.1. The van der Waals surface area contributed by atoms with Crippen LogP contribution in [0, 0.1) is 6.42 Å². The first kappa shape index (κ1) is 17.3. The van der Waals surface area contributed by atoms with Crippen molar-refractivity contribution in [2.24, 2.45) is 0 Å². The van der Waals surface area contributed by atoms with E-state index in [4.69, 9.17) is 27.9 Å². The number of nitrogens with zero attached hydrogens (tertiary/aromatic N) is 3. The predicted octanol–water partition coefficient (Wildman–Crippen LogP) is 4.92.